The molecule has 1 aromatic rings. The molecular formula is C12H13ClF3NO2. The molecule has 2 unspecified atom stereocenters. The minimum Gasteiger partial charge on any atom is -0.481 e. The van der Waals surface area contributed by atoms with Crippen LogP contribution in [0.5, 0.6) is 0 Å². The number of alkyl halides is 3. The van der Waals surface area contributed by atoms with Crippen molar-refractivity contribution in [1.82, 2.24) is 5.32 Å². The highest BCUT2D eigenvalue weighted by Gasteiger charge is 2.35. The predicted octanol–water partition coefficient (Wildman–Crippen LogP) is 2.51. The summed E-state index contributed by atoms with van der Waals surface area (Å²) in [5, 5.41) is 12.0. The van der Waals surface area contributed by atoms with E-state index in [9.17, 15) is 18.0 Å². The second-order valence-electron chi connectivity index (χ2n) is 4.33. The lowest BCUT2D eigenvalue weighted by Gasteiger charge is -2.16. The van der Waals surface area contributed by atoms with E-state index in [1.807, 2.05) is 0 Å². The van der Waals surface area contributed by atoms with Crippen LogP contribution in [0.25, 0.3) is 0 Å². The molecule has 0 amide bonds. The number of halogens is 4. The molecular weight excluding hydrogens is 283 g/mol. The van der Waals surface area contributed by atoms with Gasteiger partial charge in [-0.2, -0.15) is 13.2 Å². The summed E-state index contributed by atoms with van der Waals surface area (Å²) in [6.07, 6.45) is -4.36. The Labute approximate surface area is 114 Å². The van der Waals surface area contributed by atoms with Crippen LogP contribution in [-0.2, 0) is 11.0 Å². The van der Waals surface area contributed by atoms with Gasteiger partial charge in [0, 0.05) is 19.0 Å². The molecule has 2 atom stereocenters. The van der Waals surface area contributed by atoms with Gasteiger partial charge >= 0.3 is 12.1 Å². The summed E-state index contributed by atoms with van der Waals surface area (Å²) in [6, 6.07) is 4.70. The average Bonchev–Trinajstić information content (AvgIpc) is 2.77. The Morgan fingerprint density at radius 2 is 1.79 bits per heavy atom. The largest absolute Gasteiger partial charge is 0.481 e. The minimum absolute atomic E-state index is 0. The molecule has 0 aromatic heterocycles. The number of hydrogen-bond acceptors (Lipinski definition) is 2. The zero-order valence-electron chi connectivity index (χ0n) is 9.78. The van der Waals surface area contributed by atoms with Gasteiger partial charge in [-0.05, 0) is 17.7 Å². The van der Waals surface area contributed by atoms with Gasteiger partial charge in [0.05, 0.1) is 11.5 Å². The zero-order chi connectivity index (χ0) is 13.3. The van der Waals surface area contributed by atoms with Crippen LogP contribution in [0.15, 0.2) is 24.3 Å². The molecule has 0 aliphatic carbocycles. The Bertz CT molecular complexity index is 447. The monoisotopic (exact) mass is 295 g/mol. The number of carbonyl (C=O) groups is 1. The normalized spacial score (nSPS) is 22.9. The minimum atomic E-state index is -4.36. The number of hydrogen-bond donors (Lipinski definition) is 2. The van der Waals surface area contributed by atoms with E-state index >= 15 is 0 Å². The molecule has 0 saturated carbocycles. The summed E-state index contributed by atoms with van der Waals surface area (Å²) in [5.41, 5.74) is -0.0931. The molecule has 1 aliphatic rings. The van der Waals surface area contributed by atoms with E-state index in [4.69, 9.17) is 5.11 Å². The second kappa shape index (κ2) is 5.79. The van der Waals surface area contributed by atoms with E-state index in [2.05, 4.69) is 5.32 Å². The Morgan fingerprint density at radius 1 is 1.21 bits per heavy atom. The fourth-order valence-corrected chi connectivity index (χ4v) is 2.21. The third-order valence-corrected chi connectivity index (χ3v) is 3.20. The molecule has 0 spiro atoms. The van der Waals surface area contributed by atoms with Crippen LogP contribution < -0.4 is 5.32 Å². The van der Waals surface area contributed by atoms with E-state index in [0.717, 1.165) is 12.1 Å². The Kier molecular flexibility index (Phi) is 4.81. The van der Waals surface area contributed by atoms with Crippen molar-refractivity contribution >= 4 is 18.4 Å². The fourth-order valence-electron chi connectivity index (χ4n) is 2.21. The molecule has 1 saturated heterocycles. The SMILES string of the molecule is Cl.O=C(O)C1CNCC1c1ccc(C(F)(F)F)cc1. The first-order chi connectivity index (χ1) is 8.39. The molecule has 1 heterocycles. The van der Waals surface area contributed by atoms with Gasteiger partial charge in [-0.25, -0.2) is 0 Å². The summed E-state index contributed by atoms with van der Waals surface area (Å²) < 4.78 is 37.2. The molecule has 1 aliphatic heterocycles. The summed E-state index contributed by atoms with van der Waals surface area (Å²) in [4.78, 5) is 11.0. The van der Waals surface area contributed by atoms with E-state index in [1.54, 1.807) is 0 Å². The fraction of sp³-hybridized carbons (Fsp3) is 0.417. The van der Waals surface area contributed by atoms with Crippen molar-refractivity contribution in [2.75, 3.05) is 13.1 Å². The number of benzene rings is 1. The second-order valence-corrected chi connectivity index (χ2v) is 4.33. The van der Waals surface area contributed by atoms with Crippen LogP contribution in [0, 0.1) is 5.92 Å². The molecule has 3 nitrogen and oxygen atoms in total. The lowest BCUT2D eigenvalue weighted by atomic mass is 9.88. The molecule has 0 radical (unpaired) electrons. The van der Waals surface area contributed by atoms with Crippen molar-refractivity contribution in [2.24, 2.45) is 5.92 Å². The lowest BCUT2D eigenvalue weighted by Crippen LogP contribution is -2.21. The highest BCUT2D eigenvalue weighted by atomic mass is 35.5. The van der Waals surface area contributed by atoms with Gasteiger partial charge in [0.1, 0.15) is 0 Å². The first kappa shape index (κ1) is 15.8. The standard InChI is InChI=1S/C12H12F3NO2.ClH/c13-12(14,15)8-3-1-7(2-4-8)9-5-16-6-10(9)11(17)18;/h1-4,9-10,16H,5-6H2,(H,17,18);1H. The van der Waals surface area contributed by atoms with Crippen LogP contribution in [-0.4, -0.2) is 24.2 Å². The third-order valence-electron chi connectivity index (χ3n) is 3.20. The Morgan fingerprint density at radius 3 is 2.26 bits per heavy atom. The quantitative estimate of drug-likeness (QED) is 0.881. The Balaban J connectivity index is 0.00000180. The van der Waals surface area contributed by atoms with E-state index in [0.29, 0.717) is 18.7 Å². The van der Waals surface area contributed by atoms with Crippen molar-refractivity contribution in [2.45, 2.75) is 12.1 Å². The molecule has 0 bridgehead atoms. The smallest absolute Gasteiger partial charge is 0.416 e. The summed E-state index contributed by atoms with van der Waals surface area (Å²) in [5.74, 6) is -1.78. The van der Waals surface area contributed by atoms with Gasteiger partial charge in [0.25, 0.3) is 0 Å². The van der Waals surface area contributed by atoms with E-state index in [1.165, 1.54) is 12.1 Å². The average molecular weight is 296 g/mol. The molecule has 2 rings (SSSR count). The van der Waals surface area contributed by atoms with Crippen LogP contribution in [0.4, 0.5) is 13.2 Å². The molecule has 1 fully saturated rings. The zero-order valence-corrected chi connectivity index (χ0v) is 10.6. The van der Waals surface area contributed by atoms with Crippen LogP contribution in [0.1, 0.15) is 17.0 Å². The van der Waals surface area contributed by atoms with Gasteiger partial charge in [-0.3, -0.25) is 4.79 Å². The summed E-state index contributed by atoms with van der Waals surface area (Å²) >= 11 is 0. The number of carboxylic acids is 1. The van der Waals surface area contributed by atoms with Gasteiger partial charge in [0.2, 0.25) is 0 Å². The van der Waals surface area contributed by atoms with Gasteiger partial charge in [0.15, 0.2) is 0 Å². The van der Waals surface area contributed by atoms with Gasteiger partial charge < -0.3 is 10.4 Å². The van der Waals surface area contributed by atoms with E-state index in [-0.39, 0.29) is 18.3 Å². The predicted molar refractivity (Wildman–Crippen MR) is 65.4 cm³/mol. The van der Waals surface area contributed by atoms with Crippen molar-refractivity contribution in [3.05, 3.63) is 35.4 Å². The molecule has 106 valence electrons. The van der Waals surface area contributed by atoms with E-state index < -0.39 is 23.6 Å². The summed E-state index contributed by atoms with van der Waals surface area (Å²) in [6.45, 7) is 0.823. The topological polar surface area (TPSA) is 49.3 Å². The number of aliphatic carboxylic acids is 1. The van der Waals surface area contributed by atoms with Gasteiger partial charge in [-0.15, -0.1) is 12.4 Å². The van der Waals surface area contributed by atoms with Crippen LogP contribution >= 0.6 is 12.4 Å². The first-order valence-corrected chi connectivity index (χ1v) is 5.50. The molecule has 2 N–H and O–H groups in total. The van der Waals surface area contributed by atoms with Crippen molar-refractivity contribution in [1.29, 1.82) is 0 Å². The van der Waals surface area contributed by atoms with Crippen molar-refractivity contribution < 1.29 is 23.1 Å². The number of rotatable bonds is 2. The van der Waals surface area contributed by atoms with Crippen molar-refractivity contribution in [3.8, 4) is 0 Å². The molecule has 19 heavy (non-hydrogen) atoms. The molecule has 7 heteroatoms. The van der Waals surface area contributed by atoms with Crippen LogP contribution in [0.2, 0.25) is 0 Å². The highest BCUT2D eigenvalue weighted by Crippen LogP contribution is 2.32. The first-order valence-electron chi connectivity index (χ1n) is 5.50. The third kappa shape index (κ3) is 3.39. The maximum absolute atomic E-state index is 12.4. The van der Waals surface area contributed by atoms with Gasteiger partial charge in [-0.1, -0.05) is 12.1 Å². The van der Waals surface area contributed by atoms with Crippen molar-refractivity contribution in [3.63, 3.8) is 0 Å². The number of nitrogens with one attached hydrogen (secondary N) is 1. The number of carboxylic acid groups (broad SMARTS) is 1. The Hall–Kier alpha value is -1.27. The lowest BCUT2D eigenvalue weighted by molar-refractivity contribution is -0.141. The highest BCUT2D eigenvalue weighted by molar-refractivity contribution is 5.85. The maximum Gasteiger partial charge on any atom is 0.416 e. The molecule has 1 aromatic carbocycles. The van der Waals surface area contributed by atoms with Crippen LogP contribution in [0.3, 0.4) is 0 Å². The maximum atomic E-state index is 12.4. The summed E-state index contributed by atoms with van der Waals surface area (Å²) in [7, 11) is 0.